The first-order chi connectivity index (χ1) is 6.86. The summed E-state index contributed by atoms with van der Waals surface area (Å²) >= 11 is 0. The number of epoxide rings is 2. The van der Waals surface area contributed by atoms with Gasteiger partial charge in [-0.1, -0.05) is 0 Å². The highest BCUT2D eigenvalue weighted by Gasteiger charge is 2.23. The fourth-order valence-electron chi connectivity index (χ4n) is 0.747. The summed E-state index contributed by atoms with van der Waals surface area (Å²) in [6.07, 6.45) is 0.659. The van der Waals surface area contributed by atoms with Crippen LogP contribution in [-0.4, -0.2) is 62.4 Å². The molecule has 0 saturated carbocycles. The van der Waals surface area contributed by atoms with Crippen LogP contribution in [0.15, 0.2) is 0 Å². The van der Waals surface area contributed by atoms with Crippen molar-refractivity contribution in [3.05, 3.63) is 0 Å². The molecule has 6 nitrogen and oxygen atoms in total. The van der Waals surface area contributed by atoms with Gasteiger partial charge < -0.3 is 29.2 Å². The Hall–Kier alpha value is -0.240. The van der Waals surface area contributed by atoms with E-state index in [1.165, 1.54) is 0 Å². The fraction of sp³-hybridized carbons (Fsp3) is 1.00. The minimum absolute atomic E-state index is 0.329. The van der Waals surface area contributed by atoms with Gasteiger partial charge in [-0.15, -0.1) is 0 Å². The van der Waals surface area contributed by atoms with Crippen molar-refractivity contribution in [3.8, 4) is 0 Å². The Morgan fingerprint density at radius 3 is 1.64 bits per heavy atom. The third kappa shape index (κ3) is 7.19. The minimum atomic E-state index is -0.750. The van der Waals surface area contributed by atoms with Gasteiger partial charge in [0.05, 0.1) is 26.4 Å². The molecule has 0 bridgehead atoms. The Kier molecular flexibility index (Phi) is 6.00. The Balaban J connectivity index is 0.000000293. The van der Waals surface area contributed by atoms with Crippen molar-refractivity contribution in [3.63, 3.8) is 0 Å². The maximum Gasteiger partial charge on any atom is 0.146 e. The van der Waals surface area contributed by atoms with Crippen molar-refractivity contribution in [1.82, 2.24) is 0 Å². The highest BCUT2D eigenvalue weighted by Crippen LogP contribution is 2.10. The van der Waals surface area contributed by atoms with Crippen molar-refractivity contribution >= 4 is 0 Å². The average Bonchev–Trinajstić information content (AvgIpc) is 3.01. The molecule has 2 heterocycles. The van der Waals surface area contributed by atoms with E-state index < -0.39 is 6.79 Å². The van der Waals surface area contributed by atoms with Crippen LogP contribution in [0.2, 0.25) is 0 Å². The van der Waals surface area contributed by atoms with Crippen molar-refractivity contribution in [2.45, 2.75) is 12.2 Å². The summed E-state index contributed by atoms with van der Waals surface area (Å²) in [4.78, 5) is 0. The first-order valence-electron chi connectivity index (χ1n) is 4.47. The molecule has 2 atom stereocenters. The molecule has 2 unspecified atom stereocenters. The molecule has 0 aliphatic carbocycles. The average molecular weight is 208 g/mol. The SMILES string of the molecule is C(OCC1CO1)OCC1CO1.OCO. The number of hydrogen-bond acceptors (Lipinski definition) is 6. The third-order valence-corrected chi connectivity index (χ3v) is 1.58. The van der Waals surface area contributed by atoms with Gasteiger partial charge in [-0.25, -0.2) is 0 Å². The minimum Gasteiger partial charge on any atom is -0.371 e. The van der Waals surface area contributed by atoms with Crippen molar-refractivity contribution in [1.29, 1.82) is 0 Å². The highest BCUT2D eigenvalue weighted by molar-refractivity contribution is 4.67. The first kappa shape index (κ1) is 11.8. The first-order valence-corrected chi connectivity index (χ1v) is 4.47. The lowest BCUT2D eigenvalue weighted by atomic mass is 10.5. The molecule has 0 aromatic carbocycles. The summed E-state index contributed by atoms with van der Waals surface area (Å²) in [7, 11) is 0. The van der Waals surface area contributed by atoms with Gasteiger partial charge in [0, 0.05) is 0 Å². The van der Waals surface area contributed by atoms with Crippen LogP contribution >= 0.6 is 0 Å². The van der Waals surface area contributed by atoms with Gasteiger partial charge in [-0.2, -0.15) is 0 Å². The predicted molar refractivity (Wildman–Crippen MR) is 45.6 cm³/mol. The molecule has 6 heteroatoms. The van der Waals surface area contributed by atoms with E-state index >= 15 is 0 Å². The second-order valence-electron chi connectivity index (χ2n) is 2.91. The quantitative estimate of drug-likeness (QED) is 0.321. The summed E-state index contributed by atoms with van der Waals surface area (Å²) in [5.74, 6) is 0. The van der Waals surface area contributed by atoms with Crippen LogP contribution in [0.25, 0.3) is 0 Å². The summed E-state index contributed by atoms with van der Waals surface area (Å²) < 4.78 is 20.2. The second kappa shape index (κ2) is 7.10. The van der Waals surface area contributed by atoms with Crippen LogP contribution in [0.1, 0.15) is 0 Å². The third-order valence-electron chi connectivity index (χ3n) is 1.58. The Labute approximate surface area is 82.3 Å². The van der Waals surface area contributed by atoms with Crippen LogP contribution < -0.4 is 0 Å². The van der Waals surface area contributed by atoms with Gasteiger partial charge in [-0.05, 0) is 0 Å². The highest BCUT2D eigenvalue weighted by atomic mass is 16.7. The molecule has 2 saturated heterocycles. The van der Waals surface area contributed by atoms with E-state index in [-0.39, 0.29) is 0 Å². The smallest absolute Gasteiger partial charge is 0.146 e. The van der Waals surface area contributed by atoms with E-state index in [1.54, 1.807) is 0 Å². The maximum atomic E-state index is 7.12. The molecular formula is C8H16O6. The zero-order chi connectivity index (χ0) is 10.2. The number of hydrogen-bond donors (Lipinski definition) is 2. The Morgan fingerprint density at radius 2 is 1.36 bits per heavy atom. The molecule has 2 fully saturated rings. The Morgan fingerprint density at radius 1 is 1.00 bits per heavy atom. The molecule has 2 rings (SSSR count). The van der Waals surface area contributed by atoms with Gasteiger partial charge in [-0.3, -0.25) is 0 Å². The van der Waals surface area contributed by atoms with Gasteiger partial charge in [0.1, 0.15) is 25.8 Å². The zero-order valence-corrected chi connectivity index (χ0v) is 7.92. The predicted octanol–water partition coefficient (Wildman–Crippen LogP) is -1.30. The molecule has 2 aliphatic rings. The number of aliphatic hydroxyl groups excluding tert-OH is 1. The van der Waals surface area contributed by atoms with Gasteiger partial charge in [0.2, 0.25) is 0 Å². The number of aliphatic hydroxyl groups is 2. The molecule has 2 aliphatic heterocycles. The maximum absolute atomic E-state index is 7.12. The fourth-order valence-corrected chi connectivity index (χ4v) is 0.747. The molecule has 0 amide bonds. The van der Waals surface area contributed by atoms with Gasteiger partial charge in [0.15, 0.2) is 0 Å². The summed E-state index contributed by atoms with van der Waals surface area (Å²) in [6.45, 7) is 2.61. The molecule has 0 aromatic rings. The number of rotatable bonds is 6. The molecular weight excluding hydrogens is 192 g/mol. The van der Waals surface area contributed by atoms with Crippen LogP contribution in [-0.2, 0) is 18.9 Å². The summed E-state index contributed by atoms with van der Waals surface area (Å²) in [5, 5.41) is 14.2. The van der Waals surface area contributed by atoms with Crippen LogP contribution in [0.4, 0.5) is 0 Å². The van der Waals surface area contributed by atoms with E-state index in [9.17, 15) is 0 Å². The van der Waals surface area contributed by atoms with Crippen LogP contribution in [0, 0.1) is 0 Å². The lowest BCUT2D eigenvalue weighted by Gasteiger charge is -2.01. The topological polar surface area (TPSA) is 84.0 Å². The van der Waals surface area contributed by atoms with Crippen molar-refractivity contribution < 1.29 is 29.2 Å². The van der Waals surface area contributed by atoms with Gasteiger partial charge >= 0.3 is 0 Å². The molecule has 0 radical (unpaired) electrons. The molecule has 0 aromatic heterocycles. The second-order valence-corrected chi connectivity index (χ2v) is 2.91. The van der Waals surface area contributed by atoms with E-state index in [1.807, 2.05) is 0 Å². The van der Waals surface area contributed by atoms with E-state index in [0.29, 0.717) is 32.2 Å². The summed E-state index contributed by atoms with van der Waals surface area (Å²) in [5.41, 5.74) is 0. The normalized spacial score (nSPS) is 27.9. The molecule has 84 valence electrons. The molecule has 0 spiro atoms. The zero-order valence-electron chi connectivity index (χ0n) is 7.92. The molecule has 14 heavy (non-hydrogen) atoms. The monoisotopic (exact) mass is 208 g/mol. The largest absolute Gasteiger partial charge is 0.371 e. The van der Waals surface area contributed by atoms with E-state index in [0.717, 1.165) is 13.2 Å². The lowest BCUT2D eigenvalue weighted by molar-refractivity contribution is -0.0611. The summed E-state index contributed by atoms with van der Waals surface area (Å²) in [6, 6.07) is 0. The standard InChI is InChI=1S/C7H12O4.CH4O2/c1(6-3-10-6)8-5-9-2-7-4-11-7;2-1-3/h6-7H,1-5H2;2-3H,1H2. The number of ether oxygens (including phenoxy) is 4. The van der Waals surface area contributed by atoms with Crippen molar-refractivity contribution in [2.24, 2.45) is 0 Å². The van der Waals surface area contributed by atoms with Crippen molar-refractivity contribution in [2.75, 3.05) is 40.0 Å². The van der Waals surface area contributed by atoms with E-state index in [2.05, 4.69) is 0 Å². The lowest BCUT2D eigenvalue weighted by Crippen LogP contribution is -2.08. The Bertz CT molecular complexity index is 120. The van der Waals surface area contributed by atoms with Gasteiger partial charge in [0.25, 0.3) is 0 Å². The molecule has 2 N–H and O–H groups in total. The van der Waals surface area contributed by atoms with E-state index in [4.69, 9.17) is 29.2 Å². The van der Waals surface area contributed by atoms with Crippen LogP contribution in [0.3, 0.4) is 0 Å². The van der Waals surface area contributed by atoms with Crippen LogP contribution in [0.5, 0.6) is 0 Å².